The highest BCUT2D eigenvalue weighted by molar-refractivity contribution is 5.88. The van der Waals surface area contributed by atoms with Crippen LogP contribution in [0.5, 0.6) is 0 Å². The molecule has 14 heavy (non-hydrogen) atoms. The van der Waals surface area contributed by atoms with Gasteiger partial charge in [0.15, 0.2) is 0 Å². The number of carboxylic acids is 1. The molecule has 0 spiro atoms. The molecule has 1 aromatic carbocycles. The number of nitrogens with zero attached hydrogens (tertiary/aromatic N) is 2. The summed E-state index contributed by atoms with van der Waals surface area (Å²) in [6.07, 6.45) is 0. The number of fused-ring (bicyclic) bond motifs is 1. The Kier molecular flexibility index (Phi) is 1.93. The van der Waals surface area contributed by atoms with Gasteiger partial charge >= 0.3 is 5.97 Å². The van der Waals surface area contributed by atoms with Crippen molar-refractivity contribution in [1.82, 2.24) is 5.01 Å². The van der Waals surface area contributed by atoms with Gasteiger partial charge in [0.1, 0.15) is 0 Å². The van der Waals surface area contributed by atoms with Crippen LogP contribution in [0.2, 0.25) is 0 Å². The lowest BCUT2D eigenvalue weighted by atomic mass is 10.1. The fourth-order valence-electron chi connectivity index (χ4n) is 1.70. The van der Waals surface area contributed by atoms with Gasteiger partial charge in [-0.3, -0.25) is 0 Å². The minimum Gasteiger partial charge on any atom is -0.478 e. The van der Waals surface area contributed by atoms with Crippen LogP contribution in [-0.2, 0) is 6.54 Å². The topological polar surface area (TPSA) is 43.8 Å². The smallest absolute Gasteiger partial charge is 0.335 e. The molecule has 0 unspecified atom stereocenters. The van der Waals surface area contributed by atoms with Gasteiger partial charge < -0.3 is 10.1 Å². The van der Waals surface area contributed by atoms with Crippen molar-refractivity contribution in [2.24, 2.45) is 0 Å². The van der Waals surface area contributed by atoms with Crippen LogP contribution in [0, 0.1) is 0 Å². The van der Waals surface area contributed by atoms with E-state index in [0.29, 0.717) is 5.56 Å². The van der Waals surface area contributed by atoms with Crippen LogP contribution in [0.15, 0.2) is 18.2 Å². The van der Waals surface area contributed by atoms with Crippen LogP contribution in [0.25, 0.3) is 0 Å². The van der Waals surface area contributed by atoms with E-state index in [1.165, 1.54) is 0 Å². The first-order valence-electron chi connectivity index (χ1n) is 4.40. The van der Waals surface area contributed by atoms with Crippen LogP contribution < -0.4 is 5.01 Å². The summed E-state index contributed by atoms with van der Waals surface area (Å²) < 4.78 is 0. The van der Waals surface area contributed by atoms with Crippen LogP contribution in [-0.4, -0.2) is 30.2 Å². The van der Waals surface area contributed by atoms with E-state index in [1.807, 2.05) is 30.2 Å². The fourth-order valence-corrected chi connectivity index (χ4v) is 1.70. The maximum Gasteiger partial charge on any atom is 0.335 e. The number of benzene rings is 1. The number of carboxylic acid groups (broad SMARTS) is 1. The van der Waals surface area contributed by atoms with Crippen LogP contribution in [0.3, 0.4) is 0 Å². The van der Waals surface area contributed by atoms with E-state index in [2.05, 4.69) is 0 Å². The summed E-state index contributed by atoms with van der Waals surface area (Å²) in [6.45, 7) is 0.771. The lowest BCUT2D eigenvalue weighted by Crippen LogP contribution is -2.29. The molecular formula is C10H12N2O2. The van der Waals surface area contributed by atoms with Crippen molar-refractivity contribution in [3.05, 3.63) is 29.3 Å². The minimum absolute atomic E-state index is 0.354. The highest BCUT2D eigenvalue weighted by Gasteiger charge is 2.21. The van der Waals surface area contributed by atoms with Gasteiger partial charge in [0.25, 0.3) is 0 Å². The summed E-state index contributed by atoms with van der Waals surface area (Å²) in [6, 6.07) is 5.22. The number of aromatic carboxylic acids is 1. The third-order valence-corrected chi connectivity index (χ3v) is 2.59. The number of hydrogen-bond acceptors (Lipinski definition) is 3. The van der Waals surface area contributed by atoms with Crippen LogP contribution >= 0.6 is 0 Å². The normalized spacial score (nSPS) is 15.7. The van der Waals surface area contributed by atoms with E-state index < -0.39 is 5.97 Å². The highest BCUT2D eigenvalue weighted by atomic mass is 16.4. The predicted molar refractivity (Wildman–Crippen MR) is 53.3 cm³/mol. The molecule has 1 aliphatic heterocycles. The van der Waals surface area contributed by atoms with Gasteiger partial charge in [-0.15, -0.1) is 0 Å². The predicted octanol–water partition coefficient (Wildman–Crippen LogP) is 1.18. The second-order valence-electron chi connectivity index (χ2n) is 3.49. The Bertz CT molecular complexity index is 390. The molecule has 0 aromatic heterocycles. The molecule has 0 bridgehead atoms. The zero-order chi connectivity index (χ0) is 10.3. The molecule has 1 heterocycles. The van der Waals surface area contributed by atoms with Gasteiger partial charge in [-0.05, 0) is 23.8 Å². The van der Waals surface area contributed by atoms with Crippen molar-refractivity contribution in [1.29, 1.82) is 0 Å². The van der Waals surface area contributed by atoms with Crippen molar-refractivity contribution in [2.75, 3.05) is 19.1 Å². The van der Waals surface area contributed by atoms with Crippen molar-refractivity contribution in [3.8, 4) is 0 Å². The lowest BCUT2D eigenvalue weighted by molar-refractivity contribution is 0.0697. The standard InChI is InChI=1S/C10H12N2O2/c1-11-6-8-5-7(10(13)14)3-4-9(8)12(11)2/h3-5H,6H2,1-2H3,(H,13,14). The Hall–Kier alpha value is -1.55. The van der Waals surface area contributed by atoms with E-state index in [1.54, 1.807) is 12.1 Å². The molecule has 0 saturated heterocycles. The molecule has 2 rings (SSSR count). The highest BCUT2D eigenvalue weighted by Crippen LogP contribution is 2.29. The monoisotopic (exact) mass is 192 g/mol. The Morgan fingerprint density at radius 1 is 1.43 bits per heavy atom. The van der Waals surface area contributed by atoms with Crippen molar-refractivity contribution in [2.45, 2.75) is 6.54 Å². The Balaban J connectivity index is 2.44. The van der Waals surface area contributed by atoms with Gasteiger partial charge in [-0.2, -0.15) is 0 Å². The third-order valence-electron chi connectivity index (χ3n) is 2.59. The first kappa shape index (κ1) is 9.02. The number of anilines is 1. The van der Waals surface area contributed by atoms with Crippen LogP contribution in [0.1, 0.15) is 15.9 Å². The zero-order valence-electron chi connectivity index (χ0n) is 8.19. The van der Waals surface area contributed by atoms with E-state index in [9.17, 15) is 4.79 Å². The molecule has 0 amide bonds. The van der Waals surface area contributed by atoms with Gasteiger partial charge in [0, 0.05) is 20.6 Å². The number of hydrogen-bond donors (Lipinski definition) is 1. The summed E-state index contributed by atoms with van der Waals surface area (Å²) in [5.74, 6) is -0.870. The van der Waals surface area contributed by atoms with Crippen molar-refractivity contribution in [3.63, 3.8) is 0 Å². The molecule has 0 radical (unpaired) electrons. The first-order valence-corrected chi connectivity index (χ1v) is 4.40. The van der Waals surface area contributed by atoms with Gasteiger partial charge in [-0.1, -0.05) is 0 Å². The van der Waals surface area contributed by atoms with E-state index in [0.717, 1.165) is 17.8 Å². The van der Waals surface area contributed by atoms with Gasteiger partial charge in [0.2, 0.25) is 0 Å². The maximum absolute atomic E-state index is 10.7. The van der Waals surface area contributed by atoms with E-state index in [4.69, 9.17) is 5.11 Å². The lowest BCUT2D eigenvalue weighted by Gasteiger charge is -2.21. The van der Waals surface area contributed by atoms with E-state index >= 15 is 0 Å². The minimum atomic E-state index is -0.870. The number of hydrazine groups is 1. The number of carbonyl (C=O) groups is 1. The second kappa shape index (κ2) is 2.99. The van der Waals surface area contributed by atoms with Crippen LogP contribution in [0.4, 0.5) is 5.69 Å². The summed E-state index contributed by atoms with van der Waals surface area (Å²) in [7, 11) is 3.94. The molecule has 0 atom stereocenters. The van der Waals surface area contributed by atoms with Crippen molar-refractivity contribution < 1.29 is 9.90 Å². The summed E-state index contributed by atoms with van der Waals surface area (Å²) in [5, 5.41) is 12.9. The molecule has 4 nitrogen and oxygen atoms in total. The quantitative estimate of drug-likeness (QED) is 0.725. The summed E-state index contributed by atoms with van der Waals surface area (Å²) in [4.78, 5) is 10.7. The number of rotatable bonds is 1. The average Bonchev–Trinajstić information content (AvgIpc) is 2.42. The molecular weight excluding hydrogens is 180 g/mol. The second-order valence-corrected chi connectivity index (χ2v) is 3.49. The Morgan fingerprint density at radius 2 is 2.14 bits per heavy atom. The SMILES string of the molecule is CN1Cc2cc(C(=O)O)ccc2N1C. The molecule has 0 fully saturated rings. The molecule has 1 aliphatic rings. The maximum atomic E-state index is 10.7. The zero-order valence-corrected chi connectivity index (χ0v) is 8.19. The molecule has 74 valence electrons. The third kappa shape index (κ3) is 1.24. The van der Waals surface area contributed by atoms with Gasteiger partial charge in [0.05, 0.1) is 11.3 Å². The molecule has 0 saturated carbocycles. The molecule has 1 aromatic rings. The largest absolute Gasteiger partial charge is 0.478 e. The Morgan fingerprint density at radius 3 is 2.79 bits per heavy atom. The van der Waals surface area contributed by atoms with Crippen molar-refractivity contribution >= 4 is 11.7 Å². The molecule has 4 heteroatoms. The molecule has 0 aliphatic carbocycles. The van der Waals surface area contributed by atoms with Gasteiger partial charge in [-0.25, -0.2) is 9.80 Å². The fraction of sp³-hybridized carbons (Fsp3) is 0.300. The van der Waals surface area contributed by atoms with E-state index in [-0.39, 0.29) is 0 Å². The first-order chi connectivity index (χ1) is 6.59. The Labute approximate surface area is 82.3 Å². The average molecular weight is 192 g/mol. The summed E-state index contributed by atoms with van der Waals surface area (Å²) >= 11 is 0. The summed E-state index contributed by atoms with van der Waals surface area (Å²) in [5.41, 5.74) is 2.50. The molecule has 1 N–H and O–H groups in total.